The van der Waals surface area contributed by atoms with Gasteiger partial charge in [0.15, 0.2) is 0 Å². The maximum atomic E-state index is 13.8. The third-order valence-corrected chi connectivity index (χ3v) is 5.62. The monoisotopic (exact) mass is 456 g/mol. The fourth-order valence-corrected chi connectivity index (χ4v) is 3.40. The molecule has 4 rings (SSSR count). The van der Waals surface area contributed by atoms with Crippen molar-refractivity contribution < 1.29 is 20.0 Å². The van der Waals surface area contributed by atoms with E-state index in [-0.39, 0.29) is 11.7 Å². The van der Waals surface area contributed by atoms with E-state index in [2.05, 4.69) is 25.6 Å². The van der Waals surface area contributed by atoms with Gasteiger partial charge < -0.3 is 10.6 Å². The Bertz CT molecular complexity index is 1250. The maximum absolute atomic E-state index is 13.8. The number of nitrogens with one attached hydrogen (secondary N) is 2. The van der Waals surface area contributed by atoms with Gasteiger partial charge in [0.25, 0.3) is 0 Å². The van der Waals surface area contributed by atoms with E-state index in [9.17, 15) is 13.2 Å². The van der Waals surface area contributed by atoms with E-state index >= 15 is 0 Å². The van der Waals surface area contributed by atoms with Gasteiger partial charge in [-0.3, -0.25) is 10.4 Å². The van der Waals surface area contributed by atoms with Gasteiger partial charge in [-0.05, 0) is 53.5 Å². The van der Waals surface area contributed by atoms with Gasteiger partial charge in [0, 0.05) is 19.6 Å². The zero-order valence-corrected chi connectivity index (χ0v) is 18.0. The zero-order chi connectivity index (χ0) is 27.8. The molecule has 0 amide bonds. The van der Waals surface area contributed by atoms with Gasteiger partial charge in [-0.25, -0.2) is 4.99 Å². The molecular weight excluding hydrogens is 423 g/mol. The zero-order valence-electron chi connectivity index (χ0n) is 23.0. The number of nitrogens with two attached hydrogens (primary N) is 1. The molecule has 3 heterocycles. The Kier molecular flexibility index (Phi) is 3.82. The van der Waals surface area contributed by atoms with E-state index in [1.807, 2.05) is 33.0 Å². The number of halogens is 3. The van der Waals surface area contributed by atoms with E-state index in [4.69, 9.17) is 12.6 Å². The second kappa shape index (κ2) is 7.32. The molecule has 0 bridgehead atoms. The van der Waals surface area contributed by atoms with E-state index in [1.165, 1.54) is 4.80 Å². The molecule has 1 aliphatic carbocycles. The van der Waals surface area contributed by atoms with Crippen molar-refractivity contribution in [2.75, 3.05) is 6.50 Å². The van der Waals surface area contributed by atoms with Crippen LogP contribution in [0.15, 0.2) is 22.8 Å². The highest BCUT2D eigenvalue weighted by molar-refractivity contribution is 6.00. The summed E-state index contributed by atoms with van der Waals surface area (Å²) in [6, 6.07) is 1.52. The molecule has 174 valence electrons. The lowest BCUT2D eigenvalue weighted by molar-refractivity contribution is -0.0872. The molecule has 1 unspecified atom stereocenters. The van der Waals surface area contributed by atoms with Gasteiger partial charge in [0.05, 0.1) is 23.1 Å². The number of rotatable bonds is 5. The first kappa shape index (κ1) is 16.7. The van der Waals surface area contributed by atoms with Gasteiger partial charge in [-0.1, -0.05) is 0 Å². The number of aryl methyl sites for hydroxylation is 2. The fraction of sp³-hybridized carbons (Fsp3) is 0.600. The molecule has 1 atom stereocenters. The first-order chi connectivity index (χ1) is 16.8. The molecule has 2 aliphatic rings. The minimum absolute atomic E-state index is 0.0655. The van der Waals surface area contributed by atoms with Crippen LogP contribution >= 0.6 is 0 Å². The molecule has 9 nitrogen and oxygen atoms in total. The van der Waals surface area contributed by atoms with Crippen LogP contribution in [-0.4, -0.2) is 43.3 Å². The van der Waals surface area contributed by atoms with Crippen molar-refractivity contribution in [1.82, 2.24) is 35.4 Å². The number of likely N-dealkylation sites (N-methyl/N-ethyl adjacent to an activating group) is 1. The van der Waals surface area contributed by atoms with Crippen LogP contribution in [0, 0.1) is 13.8 Å². The summed E-state index contributed by atoms with van der Waals surface area (Å²) in [4.78, 5) is 5.48. The molecule has 0 spiro atoms. The summed E-state index contributed by atoms with van der Waals surface area (Å²) in [5.41, 5.74) is 6.37. The second-order valence-corrected chi connectivity index (χ2v) is 8.49. The van der Waals surface area contributed by atoms with Crippen molar-refractivity contribution in [2.24, 2.45) is 10.7 Å². The van der Waals surface area contributed by atoms with E-state index in [0.717, 1.165) is 24.2 Å². The predicted octanol–water partition coefficient (Wildman–Crippen LogP) is 2.34. The largest absolute Gasteiger partial charge is 0.421 e. The van der Waals surface area contributed by atoms with E-state index < -0.39 is 42.3 Å². The minimum Gasteiger partial charge on any atom is -0.370 e. The highest BCUT2D eigenvalue weighted by Crippen LogP contribution is 2.40. The number of hydrogen-bond acceptors (Lipinski definition) is 7. The van der Waals surface area contributed by atoms with Gasteiger partial charge >= 0.3 is 6.18 Å². The van der Waals surface area contributed by atoms with Gasteiger partial charge in [0.1, 0.15) is 22.6 Å². The van der Waals surface area contributed by atoms with Crippen LogP contribution in [0.4, 0.5) is 13.2 Å². The number of nitrogens with zero attached hydrogens (tertiary/aromatic N) is 6. The number of hydrogen-bond donors (Lipinski definition) is 3. The molecule has 4 N–H and O–H groups in total. The van der Waals surface area contributed by atoms with Crippen LogP contribution in [0.1, 0.15) is 69.2 Å². The lowest BCUT2D eigenvalue weighted by Crippen LogP contribution is -2.53. The maximum Gasteiger partial charge on any atom is 0.421 e. The lowest BCUT2D eigenvalue weighted by Gasteiger charge is -2.32. The minimum atomic E-state index is -4.98. The first-order valence-corrected chi connectivity index (χ1v) is 10.0. The topological polar surface area (TPSA) is 111 Å². The molecule has 1 fully saturated rings. The Morgan fingerprint density at radius 2 is 1.94 bits per heavy atom. The van der Waals surface area contributed by atoms with Crippen molar-refractivity contribution in [1.29, 1.82) is 0 Å². The third-order valence-electron chi connectivity index (χ3n) is 5.62. The Hall–Kier alpha value is -2.89. The average Bonchev–Trinajstić information content (AvgIpc) is 3.37. The van der Waals surface area contributed by atoms with Crippen LogP contribution in [-0.2, 0) is 11.3 Å². The summed E-state index contributed by atoms with van der Waals surface area (Å²) in [5.74, 6) is -3.06. The van der Waals surface area contributed by atoms with Gasteiger partial charge in [-0.15, -0.1) is 0 Å². The Labute approximate surface area is 191 Å². The molecule has 32 heavy (non-hydrogen) atoms. The van der Waals surface area contributed by atoms with Crippen LogP contribution in [0.2, 0.25) is 0 Å². The smallest absolute Gasteiger partial charge is 0.370 e. The SMILES string of the molecule is [2H]C([2H])([2H])C([2H])([2H])NC1=NC(N)(c2cc(C(C)(C)n3nc(C)c(C)n3)nn2C2CC2)NC=C1C(F)(F)F. The molecule has 1 saturated carbocycles. The molecule has 0 radical (unpaired) electrons. The number of alkyl halides is 3. The summed E-state index contributed by atoms with van der Waals surface area (Å²) < 4.78 is 80.5. The Balaban J connectivity index is 1.82. The number of aromatic nitrogens is 5. The van der Waals surface area contributed by atoms with Crippen molar-refractivity contribution >= 4 is 5.84 Å². The molecule has 12 heteroatoms. The third kappa shape index (κ3) is 3.76. The van der Waals surface area contributed by atoms with Crippen LogP contribution < -0.4 is 16.4 Å². The van der Waals surface area contributed by atoms with Crippen molar-refractivity contribution in [3.8, 4) is 0 Å². The number of amidine groups is 1. The molecule has 2 aromatic rings. The van der Waals surface area contributed by atoms with Crippen molar-refractivity contribution in [3.05, 3.63) is 40.6 Å². The first-order valence-electron chi connectivity index (χ1n) is 12.5. The summed E-state index contributed by atoms with van der Waals surface area (Å²) in [6.07, 6.45) is -2.88. The standard InChI is InChI=1S/C20H28F3N9/c1-6-25-17-14(19(21,22)23)10-26-20(24,27-17)16-9-15(30-31(16)13-7-8-13)18(4,5)32-28-11(2)12(3)29-32/h9-10,13,26H,6-8,24H2,1-5H3,(H,25,27)/i1D3,6D2. The summed E-state index contributed by atoms with van der Waals surface area (Å²) >= 11 is 0. The predicted molar refractivity (Wildman–Crippen MR) is 113 cm³/mol. The Morgan fingerprint density at radius 3 is 2.50 bits per heavy atom. The van der Waals surface area contributed by atoms with Crippen molar-refractivity contribution in [2.45, 2.75) is 70.9 Å². The van der Waals surface area contributed by atoms with E-state index in [1.54, 1.807) is 10.7 Å². The molecule has 1 aliphatic heterocycles. The number of aliphatic imine (C=N–C) groups is 1. The Morgan fingerprint density at radius 1 is 1.28 bits per heavy atom. The summed E-state index contributed by atoms with van der Waals surface area (Å²) in [5, 5.41) is 17.9. The molecular formula is C20H28F3N9. The summed E-state index contributed by atoms with van der Waals surface area (Å²) in [6.45, 7) is 0.782. The molecule has 0 aromatic carbocycles. The van der Waals surface area contributed by atoms with Crippen molar-refractivity contribution in [3.63, 3.8) is 0 Å². The van der Waals surface area contributed by atoms with Crippen LogP contribution in [0.5, 0.6) is 0 Å². The fourth-order valence-electron chi connectivity index (χ4n) is 3.40. The lowest BCUT2D eigenvalue weighted by atomic mass is 10.0. The highest BCUT2D eigenvalue weighted by atomic mass is 19.4. The molecule has 2 aromatic heterocycles. The highest BCUT2D eigenvalue weighted by Gasteiger charge is 2.45. The summed E-state index contributed by atoms with van der Waals surface area (Å²) in [7, 11) is 0. The molecule has 0 saturated heterocycles. The quantitative estimate of drug-likeness (QED) is 0.637. The normalized spacial score (nSPS) is 24.9. The van der Waals surface area contributed by atoms with E-state index in [0.29, 0.717) is 11.9 Å². The van der Waals surface area contributed by atoms with Crippen LogP contribution in [0.3, 0.4) is 0 Å². The van der Waals surface area contributed by atoms with Gasteiger partial charge in [0.2, 0.25) is 5.79 Å². The van der Waals surface area contributed by atoms with Crippen LogP contribution in [0.25, 0.3) is 0 Å². The average molecular weight is 457 g/mol. The second-order valence-electron chi connectivity index (χ2n) is 8.49. The van der Waals surface area contributed by atoms with Gasteiger partial charge in [-0.2, -0.15) is 33.3 Å².